The minimum atomic E-state index is -4.90. The maximum atomic E-state index is 13.8. The van der Waals surface area contributed by atoms with Crippen molar-refractivity contribution < 1.29 is 18.3 Å². The number of rotatable bonds is 3. The van der Waals surface area contributed by atoms with E-state index in [4.69, 9.17) is 0 Å². The van der Waals surface area contributed by atoms with E-state index >= 15 is 0 Å². The molecular formula is C21H18F3N3OS. The van der Waals surface area contributed by atoms with E-state index in [1.807, 2.05) is 38.1 Å². The zero-order valence-electron chi connectivity index (χ0n) is 15.7. The van der Waals surface area contributed by atoms with Crippen LogP contribution in [0.1, 0.15) is 23.1 Å². The number of alkyl halides is 3. The SMILES string of the molecule is Cc1ccc(C2=NN(c3nc(-c4ccc(C)cc4)cs3)C(O)(C(F)(F)F)C2)cc1. The molecule has 0 amide bonds. The Kier molecular flexibility index (Phi) is 4.71. The molecule has 4 nitrogen and oxygen atoms in total. The third-order valence-corrected chi connectivity index (χ3v) is 5.66. The van der Waals surface area contributed by atoms with E-state index in [9.17, 15) is 18.3 Å². The lowest BCUT2D eigenvalue weighted by molar-refractivity contribution is -0.254. The van der Waals surface area contributed by atoms with Gasteiger partial charge in [-0.15, -0.1) is 11.3 Å². The second-order valence-electron chi connectivity index (χ2n) is 7.10. The molecule has 4 rings (SSSR count). The van der Waals surface area contributed by atoms with Crippen LogP contribution in [0.15, 0.2) is 59.0 Å². The third kappa shape index (κ3) is 3.54. The second-order valence-corrected chi connectivity index (χ2v) is 7.93. The molecule has 2 heterocycles. The number of hydrogen-bond acceptors (Lipinski definition) is 5. The van der Waals surface area contributed by atoms with Gasteiger partial charge in [0, 0.05) is 10.9 Å². The summed E-state index contributed by atoms with van der Waals surface area (Å²) in [4.78, 5) is 4.32. The molecule has 0 saturated heterocycles. The normalized spacial score (nSPS) is 19.5. The summed E-state index contributed by atoms with van der Waals surface area (Å²) in [6.45, 7) is 3.84. The van der Waals surface area contributed by atoms with E-state index in [-0.39, 0.29) is 10.8 Å². The van der Waals surface area contributed by atoms with E-state index < -0.39 is 18.3 Å². The Bertz CT molecular complexity index is 1060. The van der Waals surface area contributed by atoms with Gasteiger partial charge in [0.15, 0.2) is 0 Å². The summed E-state index contributed by atoms with van der Waals surface area (Å²) >= 11 is 1.01. The molecule has 8 heteroatoms. The lowest BCUT2D eigenvalue weighted by Gasteiger charge is -2.32. The quantitative estimate of drug-likeness (QED) is 0.630. The lowest BCUT2D eigenvalue weighted by Crippen LogP contribution is -2.55. The highest BCUT2D eigenvalue weighted by molar-refractivity contribution is 7.14. The number of aromatic nitrogens is 1. The second kappa shape index (κ2) is 6.96. The molecule has 1 aliphatic rings. The first kappa shape index (κ1) is 19.6. The van der Waals surface area contributed by atoms with E-state index in [1.165, 1.54) is 0 Å². The van der Waals surface area contributed by atoms with Gasteiger partial charge in [0.1, 0.15) is 0 Å². The molecule has 0 spiro atoms. The van der Waals surface area contributed by atoms with Crippen LogP contribution in [0.4, 0.5) is 18.3 Å². The van der Waals surface area contributed by atoms with Gasteiger partial charge in [-0.1, -0.05) is 59.7 Å². The molecule has 29 heavy (non-hydrogen) atoms. The standard InChI is InChI=1S/C21H18F3N3OS/c1-13-3-7-15(8-4-13)17-11-20(28,21(22,23)24)27(26-17)19-25-18(12-29-19)16-9-5-14(2)6-10-16/h3-10,12,28H,11H2,1-2H3. The van der Waals surface area contributed by atoms with Crippen LogP contribution in [0.3, 0.4) is 0 Å². The molecule has 2 aromatic carbocycles. The summed E-state index contributed by atoms with van der Waals surface area (Å²) in [5, 5.41) is 17.0. The lowest BCUT2D eigenvalue weighted by atomic mass is 10.0. The number of benzene rings is 2. The zero-order valence-corrected chi connectivity index (χ0v) is 16.6. The molecule has 1 aliphatic heterocycles. The van der Waals surface area contributed by atoms with Gasteiger partial charge in [-0.2, -0.15) is 23.3 Å². The Morgan fingerprint density at radius 1 is 0.966 bits per heavy atom. The molecule has 0 aliphatic carbocycles. The fraction of sp³-hybridized carbons (Fsp3) is 0.238. The van der Waals surface area contributed by atoms with Crippen molar-refractivity contribution in [3.05, 3.63) is 70.6 Å². The zero-order chi connectivity index (χ0) is 20.8. The molecule has 0 fully saturated rings. The molecule has 1 unspecified atom stereocenters. The molecule has 1 atom stereocenters. The van der Waals surface area contributed by atoms with Crippen LogP contribution >= 0.6 is 11.3 Å². The molecule has 1 aromatic heterocycles. The highest BCUT2D eigenvalue weighted by Gasteiger charge is 2.62. The summed E-state index contributed by atoms with van der Waals surface area (Å²) < 4.78 is 41.5. The van der Waals surface area contributed by atoms with Gasteiger partial charge in [-0.25, -0.2) is 4.98 Å². The Labute approximate surface area is 170 Å². The van der Waals surface area contributed by atoms with E-state index in [0.717, 1.165) is 28.0 Å². The van der Waals surface area contributed by atoms with Crippen molar-refractivity contribution in [3.63, 3.8) is 0 Å². The van der Waals surface area contributed by atoms with Crippen LogP contribution in [0.25, 0.3) is 11.3 Å². The van der Waals surface area contributed by atoms with Crippen LogP contribution in [0, 0.1) is 13.8 Å². The van der Waals surface area contributed by atoms with Crippen LogP contribution < -0.4 is 5.01 Å². The van der Waals surface area contributed by atoms with Crippen molar-refractivity contribution in [2.45, 2.75) is 32.2 Å². The summed E-state index contributed by atoms with van der Waals surface area (Å²) in [7, 11) is 0. The molecule has 0 radical (unpaired) electrons. The summed E-state index contributed by atoms with van der Waals surface area (Å²) in [6, 6.07) is 14.5. The fourth-order valence-electron chi connectivity index (χ4n) is 3.09. The monoisotopic (exact) mass is 417 g/mol. The van der Waals surface area contributed by atoms with Crippen molar-refractivity contribution in [2.75, 3.05) is 5.01 Å². The van der Waals surface area contributed by atoms with Crippen molar-refractivity contribution in [2.24, 2.45) is 5.10 Å². The first-order valence-electron chi connectivity index (χ1n) is 8.94. The molecule has 0 bridgehead atoms. The first-order valence-corrected chi connectivity index (χ1v) is 9.82. The van der Waals surface area contributed by atoms with Crippen LogP contribution in [0.5, 0.6) is 0 Å². The maximum Gasteiger partial charge on any atom is 0.438 e. The van der Waals surface area contributed by atoms with Crippen LogP contribution in [0.2, 0.25) is 0 Å². The van der Waals surface area contributed by atoms with Crippen molar-refractivity contribution in [1.82, 2.24) is 4.98 Å². The minimum absolute atomic E-state index is 0.0116. The largest absolute Gasteiger partial charge is 0.438 e. The average Bonchev–Trinajstić information content (AvgIpc) is 3.28. The third-order valence-electron chi connectivity index (χ3n) is 4.84. The van der Waals surface area contributed by atoms with Crippen LogP contribution in [-0.4, -0.2) is 27.7 Å². The predicted molar refractivity (Wildman–Crippen MR) is 108 cm³/mol. The highest BCUT2D eigenvalue weighted by atomic mass is 32.1. The molecule has 0 saturated carbocycles. The number of nitrogens with zero attached hydrogens (tertiary/aromatic N) is 3. The number of thiazole rings is 1. The summed E-state index contributed by atoms with van der Waals surface area (Å²) in [6.07, 6.45) is -5.57. The molecule has 3 aromatic rings. The maximum absolute atomic E-state index is 13.8. The van der Waals surface area contributed by atoms with Crippen molar-refractivity contribution >= 4 is 22.2 Å². The molecule has 150 valence electrons. The Morgan fingerprint density at radius 3 is 2.07 bits per heavy atom. The van der Waals surface area contributed by atoms with Gasteiger partial charge < -0.3 is 5.11 Å². The van der Waals surface area contributed by atoms with Crippen LogP contribution in [-0.2, 0) is 0 Å². The number of aryl methyl sites for hydroxylation is 2. The first-order chi connectivity index (χ1) is 13.7. The van der Waals surface area contributed by atoms with Crippen molar-refractivity contribution in [1.29, 1.82) is 0 Å². The number of anilines is 1. The number of halogens is 3. The predicted octanol–water partition coefficient (Wildman–Crippen LogP) is 5.29. The Balaban J connectivity index is 1.74. The van der Waals surface area contributed by atoms with Gasteiger partial charge in [-0.3, -0.25) is 0 Å². The molecule has 1 N–H and O–H groups in total. The van der Waals surface area contributed by atoms with E-state index in [0.29, 0.717) is 16.3 Å². The van der Waals surface area contributed by atoms with E-state index in [2.05, 4.69) is 10.1 Å². The number of hydrazone groups is 1. The highest BCUT2D eigenvalue weighted by Crippen LogP contribution is 2.45. The average molecular weight is 417 g/mol. The minimum Gasteiger partial charge on any atom is -0.362 e. The summed E-state index contributed by atoms with van der Waals surface area (Å²) in [5.41, 5.74) is 0.938. The summed E-state index contributed by atoms with van der Waals surface area (Å²) in [5.74, 6) is 0. The van der Waals surface area contributed by atoms with Gasteiger partial charge >= 0.3 is 6.18 Å². The van der Waals surface area contributed by atoms with Gasteiger partial charge in [-0.05, 0) is 19.4 Å². The Hall–Kier alpha value is -2.71. The van der Waals surface area contributed by atoms with Crippen molar-refractivity contribution in [3.8, 4) is 11.3 Å². The van der Waals surface area contributed by atoms with Gasteiger partial charge in [0.2, 0.25) is 5.13 Å². The molecular weight excluding hydrogens is 399 g/mol. The fourth-order valence-corrected chi connectivity index (χ4v) is 3.94. The number of aliphatic hydroxyl groups is 1. The van der Waals surface area contributed by atoms with E-state index in [1.54, 1.807) is 29.6 Å². The smallest absolute Gasteiger partial charge is 0.362 e. The van der Waals surface area contributed by atoms with Gasteiger partial charge in [0.25, 0.3) is 5.72 Å². The Morgan fingerprint density at radius 2 is 1.52 bits per heavy atom. The van der Waals surface area contributed by atoms with Gasteiger partial charge in [0.05, 0.1) is 17.8 Å². The topological polar surface area (TPSA) is 48.7 Å². The number of hydrogen-bond donors (Lipinski definition) is 1.